The molecular weight excluding hydrogens is 290 g/mol. The van der Waals surface area contributed by atoms with Gasteiger partial charge in [-0.2, -0.15) is 0 Å². The molecule has 0 radical (unpaired) electrons. The highest BCUT2D eigenvalue weighted by Crippen LogP contribution is 2.20. The van der Waals surface area contributed by atoms with E-state index < -0.39 is 5.97 Å². The molecule has 1 rings (SSSR count). The first-order valence-corrected chi connectivity index (χ1v) is 8.99. The molecule has 0 bridgehead atoms. The van der Waals surface area contributed by atoms with Crippen molar-refractivity contribution in [2.24, 2.45) is 5.92 Å². The molecule has 134 valence electrons. The summed E-state index contributed by atoms with van der Waals surface area (Å²) in [6.45, 7) is 12.1. The van der Waals surface area contributed by atoms with E-state index in [2.05, 4.69) is 32.3 Å². The fraction of sp³-hybridized carbons (Fsp3) is 0.737. The van der Waals surface area contributed by atoms with Crippen LogP contribution in [0.25, 0.3) is 0 Å². The number of carboxylic acid groups (broad SMARTS) is 1. The van der Waals surface area contributed by atoms with Gasteiger partial charge in [0.2, 0.25) is 0 Å². The zero-order valence-corrected chi connectivity index (χ0v) is 15.2. The molecule has 23 heavy (non-hydrogen) atoms. The van der Waals surface area contributed by atoms with Gasteiger partial charge in [-0.1, -0.05) is 53.0 Å². The van der Waals surface area contributed by atoms with Crippen LogP contribution >= 0.6 is 0 Å². The maximum absolute atomic E-state index is 10.5. The molecule has 0 aromatic heterocycles. The molecule has 1 aliphatic rings. The first kappa shape index (κ1) is 21.6. The number of aliphatic hydroxyl groups is 1. The average Bonchev–Trinajstić information content (AvgIpc) is 3.07. The molecule has 0 spiro atoms. The van der Waals surface area contributed by atoms with Gasteiger partial charge in [0.1, 0.15) is 0 Å². The highest BCUT2D eigenvalue weighted by molar-refractivity contribution is 5.85. The predicted molar refractivity (Wildman–Crippen MR) is 96.5 cm³/mol. The van der Waals surface area contributed by atoms with E-state index >= 15 is 0 Å². The van der Waals surface area contributed by atoms with Crippen molar-refractivity contribution in [1.29, 1.82) is 0 Å². The lowest BCUT2D eigenvalue weighted by atomic mass is 9.92. The lowest BCUT2D eigenvalue weighted by molar-refractivity contribution is -0.132. The lowest BCUT2D eigenvalue weighted by Gasteiger charge is -2.18. The van der Waals surface area contributed by atoms with Crippen molar-refractivity contribution in [3.05, 3.63) is 24.1 Å². The summed E-state index contributed by atoms with van der Waals surface area (Å²) >= 11 is 0. The van der Waals surface area contributed by atoms with E-state index in [9.17, 15) is 4.79 Å². The number of hydrogen-bond acceptors (Lipinski definition) is 3. The van der Waals surface area contributed by atoms with Crippen molar-refractivity contribution < 1.29 is 15.0 Å². The second kappa shape index (κ2) is 13.0. The summed E-state index contributed by atoms with van der Waals surface area (Å²) in [6.07, 6.45) is 9.91. The number of likely N-dealkylation sites (tertiary alicyclic amines) is 1. The summed E-state index contributed by atoms with van der Waals surface area (Å²) < 4.78 is 0. The molecule has 1 saturated heterocycles. The van der Waals surface area contributed by atoms with Gasteiger partial charge in [-0.05, 0) is 31.6 Å². The van der Waals surface area contributed by atoms with Crippen LogP contribution < -0.4 is 0 Å². The Balaban J connectivity index is 0.000000433. The summed E-state index contributed by atoms with van der Waals surface area (Å²) in [5.41, 5.74) is 1.43. The SMILES string of the molecule is C=C(CC(CC)CCCC)C(=O)O.CC/C(=C\O)N1CCCC1. The Morgan fingerprint density at radius 2 is 1.87 bits per heavy atom. The van der Waals surface area contributed by atoms with Gasteiger partial charge in [-0.15, -0.1) is 0 Å². The van der Waals surface area contributed by atoms with E-state index in [0.29, 0.717) is 17.9 Å². The number of rotatable bonds is 9. The zero-order valence-electron chi connectivity index (χ0n) is 15.2. The Kier molecular flexibility index (Phi) is 12.2. The van der Waals surface area contributed by atoms with Crippen molar-refractivity contribution in [3.8, 4) is 0 Å². The van der Waals surface area contributed by atoms with Crippen molar-refractivity contribution in [3.63, 3.8) is 0 Å². The Morgan fingerprint density at radius 3 is 2.26 bits per heavy atom. The number of allylic oxidation sites excluding steroid dienone is 1. The van der Waals surface area contributed by atoms with Crippen LogP contribution in [-0.4, -0.2) is 34.2 Å². The minimum Gasteiger partial charge on any atom is -0.514 e. The topological polar surface area (TPSA) is 60.8 Å². The average molecular weight is 325 g/mol. The van der Waals surface area contributed by atoms with Crippen LogP contribution in [0.3, 0.4) is 0 Å². The molecule has 1 fully saturated rings. The van der Waals surface area contributed by atoms with E-state index in [1.54, 1.807) is 0 Å². The number of carbonyl (C=O) groups is 1. The van der Waals surface area contributed by atoms with Gasteiger partial charge in [0.05, 0.1) is 6.26 Å². The first-order valence-electron chi connectivity index (χ1n) is 8.99. The van der Waals surface area contributed by atoms with E-state index in [4.69, 9.17) is 10.2 Å². The summed E-state index contributed by atoms with van der Waals surface area (Å²) in [6, 6.07) is 0. The molecule has 1 aliphatic heterocycles. The fourth-order valence-electron chi connectivity index (χ4n) is 2.78. The minimum atomic E-state index is -0.852. The molecule has 1 atom stereocenters. The third kappa shape index (κ3) is 9.32. The highest BCUT2D eigenvalue weighted by Gasteiger charge is 2.13. The fourth-order valence-corrected chi connectivity index (χ4v) is 2.78. The first-order chi connectivity index (χ1) is 11.0. The highest BCUT2D eigenvalue weighted by atomic mass is 16.4. The largest absolute Gasteiger partial charge is 0.514 e. The molecule has 1 heterocycles. The van der Waals surface area contributed by atoms with Gasteiger partial charge in [0, 0.05) is 24.4 Å². The second-order valence-electron chi connectivity index (χ2n) is 6.20. The van der Waals surface area contributed by atoms with Crippen LogP contribution in [0.4, 0.5) is 0 Å². The Hall–Kier alpha value is -1.45. The molecule has 0 amide bonds. The van der Waals surface area contributed by atoms with Crippen LogP contribution in [0.15, 0.2) is 24.1 Å². The molecule has 1 unspecified atom stereocenters. The van der Waals surface area contributed by atoms with E-state index in [1.165, 1.54) is 31.9 Å². The van der Waals surface area contributed by atoms with Crippen molar-refractivity contribution in [2.75, 3.05) is 13.1 Å². The molecule has 4 heteroatoms. The van der Waals surface area contributed by atoms with Crippen LogP contribution in [0, 0.1) is 5.92 Å². The van der Waals surface area contributed by atoms with E-state index in [0.717, 1.165) is 38.0 Å². The van der Waals surface area contributed by atoms with E-state index in [1.807, 2.05) is 0 Å². The number of aliphatic hydroxyl groups excluding tert-OH is 1. The Labute approximate surface area is 141 Å². The monoisotopic (exact) mass is 325 g/mol. The normalized spacial score (nSPS) is 15.8. The lowest BCUT2D eigenvalue weighted by Crippen LogP contribution is -2.17. The number of hydrogen-bond donors (Lipinski definition) is 2. The van der Waals surface area contributed by atoms with Gasteiger partial charge < -0.3 is 15.1 Å². The van der Waals surface area contributed by atoms with Crippen molar-refractivity contribution in [2.45, 2.75) is 72.1 Å². The third-order valence-corrected chi connectivity index (χ3v) is 4.40. The summed E-state index contributed by atoms with van der Waals surface area (Å²) in [4.78, 5) is 12.8. The van der Waals surface area contributed by atoms with Gasteiger partial charge in [0.25, 0.3) is 0 Å². The minimum absolute atomic E-state index is 0.350. The predicted octanol–water partition coefficient (Wildman–Crippen LogP) is 5.13. The molecule has 0 aromatic carbocycles. The maximum atomic E-state index is 10.5. The summed E-state index contributed by atoms with van der Waals surface area (Å²) in [5.74, 6) is -0.349. The molecule has 0 aromatic rings. The van der Waals surface area contributed by atoms with Crippen LogP contribution in [0.1, 0.15) is 72.1 Å². The van der Waals surface area contributed by atoms with Gasteiger partial charge >= 0.3 is 5.97 Å². The third-order valence-electron chi connectivity index (χ3n) is 4.40. The second-order valence-corrected chi connectivity index (χ2v) is 6.20. The zero-order chi connectivity index (χ0) is 17.7. The number of aliphatic carboxylic acids is 1. The van der Waals surface area contributed by atoms with Gasteiger partial charge in [0.15, 0.2) is 0 Å². The molecular formula is C19H35NO3. The van der Waals surface area contributed by atoms with E-state index in [-0.39, 0.29) is 0 Å². The van der Waals surface area contributed by atoms with Crippen molar-refractivity contribution >= 4 is 5.97 Å². The smallest absolute Gasteiger partial charge is 0.330 e. The molecule has 4 nitrogen and oxygen atoms in total. The Morgan fingerprint density at radius 1 is 1.26 bits per heavy atom. The van der Waals surface area contributed by atoms with Crippen LogP contribution in [0.5, 0.6) is 0 Å². The molecule has 0 saturated carbocycles. The number of nitrogens with zero attached hydrogens (tertiary/aromatic N) is 1. The van der Waals surface area contributed by atoms with Gasteiger partial charge in [-0.25, -0.2) is 4.79 Å². The van der Waals surface area contributed by atoms with Crippen LogP contribution in [0.2, 0.25) is 0 Å². The van der Waals surface area contributed by atoms with Gasteiger partial charge in [-0.3, -0.25) is 0 Å². The quantitative estimate of drug-likeness (QED) is 0.456. The molecule has 0 aliphatic carbocycles. The molecule has 2 N–H and O–H groups in total. The van der Waals surface area contributed by atoms with Crippen LogP contribution in [-0.2, 0) is 4.79 Å². The number of carboxylic acids is 1. The Bertz CT molecular complexity index is 371. The van der Waals surface area contributed by atoms with Crippen molar-refractivity contribution in [1.82, 2.24) is 4.90 Å². The summed E-state index contributed by atoms with van der Waals surface area (Å²) in [5, 5.41) is 17.4. The number of unbranched alkanes of at least 4 members (excludes halogenated alkanes) is 1. The standard InChI is InChI=1S/C11H20O2.C8H15NO/c1-4-6-7-10(5-2)8-9(3)11(12)13;1-2-8(7-10)9-5-3-4-6-9/h10H,3-8H2,1-2H3,(H,12,13);7,10H,2-6H2,1H3/b;8-7+. The maximum Gasteiger partial charge on any atom is 0.330 e. The summed E-state index contributed by atoms with van der Waals surface area (Å²) in [7, 11) is 0.